The average molecular weight is 451 g/mol. The Kier molecular flexibility index (Phi) is 9.01. The van der Waals surface area contributed by atoms with Gasteiger partial charge in [-0.15, -0.1) is 0 Å². The SMILES string of the molecule is COCC(=O)Nc1cc(COC(=O)Oc2ccc(C)cc2)cnc1SSC(C)(C)C. The van der Waals surface area contributed by atoms with Crippen LogP contribution < -0.4 is 10.1 Å². The van der Waals surface area contributed by atoms with Gasteiger partial charge in [-0.05, 0) is 35.9 Å². The average Bonchev–Trinajstić information content (AvgIpc) is 2.67. The van der Waals surface area contributed by atoms with E-state index in [0.717, 1.165) is 5.56 Å². The molecule has 0 atom stereocenters. The first-order valence-corrected chi connectivity index (χ1v) is 11.4. The van der Waals surface area contributed by atoms with Crippen molar-refractivity contribution in [3.63, 3.8) is 0 Å². The summed E-state index contributed by atoms with van der Waals surface area (Å²) in [6.45, 7) is 8.11. The predicted molar refractivity (Wildman–Crippen MR) is 120 cm³/mol. The highest BCUT2D eigenvalue weighted by Crippen LogP contribution is 2.42. The maximum absolute atomic E-state index is 12.0. The molecule has 2 rings (SSSR count). The molecule has 30 heavy (non-hydrogen) atoms. The summed E-state index contributed by atoms with van der Waals surface area (Å²) in [6, 6.07) is 8.80. The Hall–Kier alpha value is -2.23. The highest BCUT2D eigenvalue weighted by molar-refractivity contribution is 8.77. The summed E-state index contributed by atoms with van der Waals surface area (Å²) in [7, 11) is 4.55. The Balaban J connectivity index is 2.04. The van der Waals surface area contributed by atoms with Gasteiger partial charge in [0.1, 0.15) is 24.0 Å². The molecule has 1 N–H and O–H groups in total. The van der Waals surface area contributed by atoms with Crippen LogP contribution in [-0.4, -0.2) is 35.5 Å². The van der Waals surface area contributed by atoms with Gasteiger partial charge in [0.2, 0.25) is 5.91 Å². The van der Waals surface area contributed by atoms with Gasteiger partial charge in [0.25, 0.3) is 0 Å². The molecule has 2 aromatic rings. The standard InChI is InChI=1S/C21H26N2O5S2/c1-14-6-8-16(9-7-14)28-20(25)27-12-15-10-17(23-18(24)13-26-5)19(22-11-15)29-30-21(2,3)4/h6-11H,12-13H2,1-5H3,(H,23,24). The highest BCUT2D eigenvalue weighted by atomic mass is 33.1. The fourth-order valence-corrected chi connectivity index (χ4v) is 4.10. The summed E-state index contributed by atoms with van der Waals surface area (Å²) in [4.78, 5) is 28.3. The molecule has 0 saturated heterocycles. The van der Waals surface area contributed by atoms with Crippen LogP contribution in [0.3, 0.4) is 0 Å². The maximum Gasteiger partial charge on any atom is 0.514 e. The molecular weight excluding hydrogens is 424 g/mol. The third kappa shape index (κ3) is 8.64. The lowest BCUT2D eigenvalue weighted by Gasteiger charge is -2.17. The van der Waals surface area contributed by atoms with Crippen LogP contribution >= 0.6 is 21.6 Å². The molecular formula is C21H26N2O5S2. The van der Waals surface area contributed by atoms with Crippen molar-refractivity contribution in [1.82, 2.24) is 4.98 Å². The van der Waals surface area contributed by atoms with Gasteiger partial charge in [-0.3, -0.25) is 4.79 Å². The number of methoxy groups -OCH3 is 1. The molecule has 0 aliphatic rings. The monoisotopic (exact) mass is 450 g/mol. The van der Waals surface area contributed by atoms with Gasteiger partial charge in [-0.25, -0.2) is 9.78 Å². The molecule has 1 aromatic heterocycles. The molecule has 0 spiro atoms. The number of benzene rings is 1. The Morgan fingerprint density at radius 1 is 1.17 bits per heavy atom. The van der Waals surface area contributed by atoms with Gasteiger partial charge >= 0.3 is 6.16 Å². The van der Waals surface area contributed by atoms with Crippen LogP contribution in [0.15, 0.2) is 41.6 Å². The van der Waals surface area contributed by atoms with E-state index in [-0.39, 0.29) is 23.9 Å². The molecule has 0 radical (unpaired) electrons. The molecule has 0 aliphatic carbocycles. The van der Waals surface area contributed by atoms with E-state index in [1.807, 2.05) is 19.1 Å². The van der Waals surface area contributed by atoms with Gasteiger partial charge in [0.05, 0.1) is 5.69 Å². The van der Waals surface area contributed by atoms with Crippen LogP contribution in [0.5, 0.6) is 5.75 Å². The fourth-order valence-electron chi connectivity index (χ4n) is 2.09. The second-order valence-corrected chi connectivity index (χ2v) is 10.4. The summed E-state index contributed by atoms with van der Waals surface area (Å²) < 4.78 is 15.2. The van der Waals surface area contributed by atoms with E-state index in [9.17, 15) is 9.59 Å². The number of nitrogens with zero attached hydrogens (tertiary/aromatic N) is 1. The molecule has 0 aliphatic heterocycles. The van der Waals surface area contributed by atoms with E-state index in [1.165, 1.54) is 17.9 Å². The molecule has 1 aromatic carbocycles. The molecule has 1 heterocycles. The zero-order valence-corrected chi connectivity index (χ0v) is 19.3. The molecule has 0 fully saturated rings. The third-order valence-corrected chi connectivity index (χ3v) is 6.70. The number of carbonyl (C=O) groups excluding carboxylic acids is 2. The minimum Gasteiger partial charge on any atom is -0.429 e. The van der Waals surface area contributed by atoms with E-state index < -0.39 is 6.16 Å². The van der Waals surface area contributed by atoms with E-state index in [4.69, 9.17) is 14.2 Å². The number of aryl methyl sites for hydroxylation is 1. The first-order valence-electron chi connectivity index (χ1n) is 9.21. The molecule has 1 amide bonds. The number of aromatic nitrogens is 1. The Morgan fingerprint density at radius 3 is 2.50 bits per heavy atom. The van der Waals surface area contributed by atoms with Crippen molar-refractivity contribution in [3.05, 3.63) is 47.7 Å². The second kappa shape index (κ2) is 11.2. The normalized spacial score (nSPS) is 11.1. The second-order valence-electron chi connectivity index (χ2n) is 7.41. The zero-order chi connectivity index (χ0) is 22.1. The summed E-state index contributed by atoms with van der Waals surface area (Å²) in [5.74, 6) is 0.112. The largest absolute Gasteiger partial charge is 0.514 e. The number of rotatable bonds is 8. The molecule has 0 saturated carbocycles. The van der Waals surface area contributed by atoms with Crippen molar-refractivity contribution in [2.24, 2.45) is 0 Å². The minimum atomic E-state index is -0.814. The Bertz CT molecular complexity index is 867. The first kappa shape index (κ1) is 24.0. The van der Waals surface area contributed by atoms with Crippen molar-refractivity contribution in [3.8, 4) is 5.75 Å². The van der Waals surface area contributed by atoms with E-state index in [2.05, 4.69) is 31.1 Å². The van der Waals surface area contributed by atoms with Gasteiger partial charge in [0, 0.05) is 23.6 Å². The zero-order valence-electron chi connectivity index (χ0n) is 17.7. The minimum absolute atomic E-state index is 0.0155. The Labute approximate surface area is 184 Å². The fraction of sp³-hybridized carbons (Fsp3) is 0.381. The summed E-state index contributed by atoms with van der Waals surface area (Å²) in [5.41, 5.74) is 2.22. The molecule has 0 unspecified atom stereocenters. The Morgan fingerprint density at radius 2 is 1.87 bits per heavy atom. The van der Waals surface area contributed by atoms with Crippen molar-refractivity contribution >= 4 is 39.3 Å². The summed E-state index contributed by atoms with van der Waals surface area (Å²) in [6.07, 6.45) is 0.794. The topological polar surface area (TPSA) is 86.8 Å². The van der Waals surface area contributed by atoms with Crippen molar-refractivity contribution < 1.29 is 23.8 Å². The molecule has 9 heteroatoms. The lowest BCUT2D eigenvalue weighted by molar-refractivity contribution is -0.119. The van der Waals surface area contributed by atoms with Crippen LogP contribution in [0.1, 0.15) is 31.9 Å². The maximum atomic E-state index is 12.0. The lowest BCUT2D eigenvalue weighted by atomic mass is 10.2. The van der Waals surface area contributed by atoms with Crippen LogP contribution in [0.25, 0.3) is 0 Å². The third-order valence-electron chi connectivity index (χ3n) is 3.41. The van der Waals surface area contributed by atoms with Gasteiger partial charge in [-0.1, -0.05) is 49.3 Å². The molecule has 7 nitrogen and oxygen atoms in total. The van der Waals surface area contributed by atoms with Crippen LogP contribution in [-0.2, 0) is 20.9 Å². The quantitative estimate of drug-likeness (QED) is 0.332. The van der Waals surface area contributed by atoms with Crippen LogP contribution in [0, 0.1) is 6.92 Å². The number of pyridine rings is 1. The highest BCUT2D eigenvalue weighted by Gasteiger charge is 2.17. The lowest BCUT2D eigenvalue weighted by Crippen LogP contribution is -2.18. The number of ether oxygens (including phenoxy) is 3. The van der Waals surface area contributed by atoms with Crippen molar-refractivity contribution in [1.29, 1.82) is 0 Å². The van der Waals surface area contributed by atoms with Gasteiger partial charge in [0.15, 0.2) is 0 Å². The van der Waals surface area contributed by atoms with Crippen molar-refractivity contribution in [2.45, 2.75) is 44.1 Å². The number of hydrogen-bond acceptors (Lipinski definition) is 8. The number of carbonyl (C=O) groups is 2. The molecule has 162 valence electrons. The van der Waals surface area contributed by atoms with E-state index in [0.29, 0.717) is 22.0 Å². The van der Waals surface area contributed by atoms with Crippen molar-refractivity contribution in [2.75, 3.05) is 19.0 Å². The van der Waals surface area contributed by atoms with Gasteiger partial charge < -0.3 is 19.5 Å². The van der Waals surface area contributed by atoms with Crippen LogP contribution in [0.4, 0.5) is 10.5 Å². The van der Waals surface area contributed by atoms with E-state index >= 15 is 0 Å². The number of nitrogens with one attached hydrogen (secondary N) is 1. The molecule has 0 bridgehead atoms. The summed E-state index contributed by atoms with van der Waals surface area (Å²) in [5, 5.41) is 3.45. The number of amides is 1. The van der Waals surface area contributed by atoms with Crippen LogP contribution in [0.2, 0.25) is 0 Å². The summed E-state index contributed by atoms with van der Waals surface area (Å²) >= 11 is 0. The number of hydrogen-bond donors (Lipinski definition) is 1. The van der Waals surface area contributed by atoms with Gasteiger partial charge in [-0.2, -0.15) is 0 Å². The first-order chi connectivity index (χ1) is 14.2. The predicted octanol–water partition coefficient (Wildman–Crippen LogP) is 5.23. The smallest absolute Gasteiger partial charge is 0.429 e. The van der Waals surface area contributed by atoms with E-state index in [1.54, 1.807) is 35.2 Å². The number of anilines is 1.